The minimum Gasteiger partial charge on any atom is -0.366 e. The second kappa shape index (κ2) is 4.62. The molecule has 0 spiro atoms. The molecule has 4 rings (SSSR count). The summed E-state index contributed by atoms with van der Waals surface area (Å²) in [6.45, 7) is 8.46. The number of hydrogen-bond donors (Lipinski definition) is 0. The highest BCUT2D eigenvalue weighted by atomic mass is 15.2. The Bertz CT molecular complexity index is 701. The summed E-state index contributed by atoms with van der Waals surface area (Å²) in [5.74, 6) is 0. The van der Waals surface area contributed by atoms with Crippen molar-refractivity contribution in [2.45, 2.75) is 51.0 Å². The lowest BCUT2D eigenvalue weighted by molar-refractivity contribution is 0.315. The summed E-state index contributed by atoms with van der Waals surface area (Å²) in [6, 6.07) is 18.0. The lowest BCUT2D eigenvalue weighted by Gasteiger charge is -2.54. The first kappa shape index (κ1) is 13.9. The molecular formula is C21H25N. The topological polar surface area (TPSA) is 3.24 Å². The number of rotatable bonds is 1. The Balaban J connectivity index is 1.99. The van der Waals surface area contributed by atoms with Crippen molar-refractivity contribution < 1.29 is 0 Å². The lowest BCUT2D eigenvalue weighted by Crippen LogP contribution is -2.55. The molecule has 0 radical (unpaired) electrons. The van der Waals surface area contributed by atoms with Crippen LogP contribution in [0.2, 0.25) is 0 Å². The monoisotopic (exact) mass is 291 g/mol. The Morgan fingerprint density at radius 1 is 0.909 bits per heavy atom. The van der Waals surface area contributed by atoms with Crippen LogP contribution in [-0.4, -0.2) is 12.1 Å². The predicted molar refractivity (Wildman–Crippen MR) is 93.7 cm³/mol. The summed E-state index contributed by atoms with van der Waals surface area (Å²) >= 11 is 0. The van der Waals surface area contributed by atoms with Crippen molar-refractivity contribution in [3.05, 3.63) is 65.2 Å². The summed E-state index contributed by atoms with van der Waals surface area (Å²) in [5.41, 5.74) is 6.34. The molecule has 0 saturated heterocycles. The smallest absolute Gasteiger partial charge is 0.0444 e. The summed E-state index contributed by atoms with van der Waals surface area (Å²) in [6.07, 6.45) is 3.67. The minimum absolute atomic E-state index is 0.101. The molecule has 0 fully saturated rings. The maximum absolute atomic E-state index is 2.67. The molecule has 0 aliphatic carbocycles. The third-order valence-corrected chi connectivity index (χ3v) is 5.74. The first-order valence-electron chi connectivity index (χ1n) is 8.48. The number of anilines is 1. The molecule has 1 heteroatoms. The standard InChI is InChI=1S/C21H25N/c1-20(2)15-21(3,17-11-5-4-6-12-17)18-13-7-9-16-10-8-14-22(20)19(16)18/h4-7,9,11-13H,8,10,14-15H2,1-3H3. The Labute approximate surface area is 134 Å². The van der Waals surface area contributed by atoms with E-state index in [4.69, 9.17) is 0 Å². The van der Waals surface area contributed by atoms with Crippen LogP contribution in [0.15, 0.2) is 48.5 Å². The van der Waals surface area contributed by atoms with Crippen LogP contribution in [0.1, 0.15) is 50.3 Å². The lowest BCUT2D eigenvalue weighted by atomic mass is 9.64. The van der Waals surface area contributed by atoms with Crippen LogP contribution in [0.5, 0.6) is 0 Å². The fourth-order valence-electron chi connectivity index (χ4n) is 4.82. The largest absolute Gasteiger partial charge is 0.366 e. The van der Waals surface area contributed by atoms with Crippen LogP contribution in [-0.2, 0) is 11.8 Å². The van der Waals surface area contributed by atoms with Gasteiger partial charge in [-0.2, -0.15) is 0 Å². The van der Waals surface area contributed by atoms with Gasteiger partial charge in [-0.15, -0.1) is 0 Å². The molecule has 1 nitrogen and oxygen atoms in total. The van der Waals surface area contributed by atoms with Crippen molar-refractivity contribution in [3.63, 3.8) is 0 Å². The van der Waals surface area contributed by atoms with Crippen molar-refractivity contribution in [2.75, 3.05) is 11.4 Å². The molecule has 2 aliphatic heterocycles. The van der Waals surface area contributed by atoms with E-state index in [9.17, 15) is 0 Å². The van der Waals surface area contributed by atoms with Crippen molar-refractivity contribution in [2.24, 2.45) is 0 Å². The number of hydrogen-bond acceptors (Lipinski definition) is 1. The molecule has 2 aromatic rings. The molecule has 2 heterocycles. The fraction of sp³-hybridized carbons (Fsp3) is 0.429. The highest BCUT2D eigenvalue weighted by Gasteiger charge is 2.46. The molecule has 0 aromatic heterocycles. The van der Waals surface area contributed by atoms with Crippen LogP contribution in [0.4, 0.5) is 5.69 Å². The van der Waals surface area contributed by atoms with Gasteiger partial charge < -0.3 is 4.90 Å². The van der Waals surface area contributed by atoms with E-state index in [1.165, 1.54) is 42.6 Å². The van der Waals surface area contributed by atoms with Gasteiger partial charge in [-0.3, -0.25) is 0 Å². The maximum atomic E-state index is 2.67. The van der Waals surface area contributed by atoms with Crippen molar-refractivity contribution in [1.29, 1.82) is 0 Å². The molecule has 0 amide bonds. The van der Waals surface area contributed by atoms with E-state index in [-0.39, 0.29) is 11.0 Å². The van der Waals surface area contributed by atoms with Crippen LogP contribution in [0.25, 0.3) is 0 Å². The van der Waals surface area contributed by atoms with Crippen molar-refractivity contribution in [1.82, 2.24) is 0 Å². The highest BCUT2D eigenvalue weighted by Crippen LogP contribution is 2.52. The number of benzene rings is 2. The van der Waals surface area contributed by atoms with Gasteiger partial charge in [-0.1, -0.05) is 55.5 Å². The van der Waals surface area contributed by atoms with Crippen molar-refractivity contribution in [3.8, 4) is 0 Å². The number of nitrogens with zero attached hydrogens (tertiary/aromatic N) is 1. The first-order chi connectivity index (χ1) is 10.5. The van der Waals surface area contributed by atoms with Gasteiger partial charge in [-0.05, 0) is 49.8 Å². The van der Waals surface area contributed by atoms with Crippen LogP contribution in [0, 0.1) is 0 Å². The maximum Gasteiger partial charge on any atom is 0.0444 e. The van der Waals surface area contributed by atoms with E-state index in [0.717, 1.165) is 0 Å². The van der Waals surface area contributed by atoms with Gasteiger partial charge in [-0.25, -0.2) is 0 Å². The zero-order chi connectivity index (χ0) is 15.4. The molecular weight excluding hydrogens is 266 g/mol. The molecule has 2 aromatic carbocycles. The third kappa shape index (κ3) is 1.84. The highest BCUT2D eigenvalue weighted by molar-refractivity contribution is 5.69. The third-order valence-electron chi connectivity index (χ3n) is 5.74. The Morgan fingerprint density at radius 2 is 1.68 bits per heavy atom. The quantitative estimate of drug-likeness (QED) is 0.720. The zero-order valence-corrected chi connectivity index (χ0v) is 13.9. The zero-order valence-electron chi connectivity index (χ0n) is 13.9. The van der Waals surface area contributed by atoms with Crippen LogP contribution >= 0.6 is 0 Å². The second-order valence-corrected chi connectivity index (χ2v) is 7.76. The molecule has 2 aliphatic rings. The number of aryl methyl sites for hydroxylation is 1. The van der Waals surface area contributed by atoms with Gasteiger partial charge in [0, 0.05) is 23.2 Å². The average Bonchev–Trinajstić information content (AvgIpc) is 2.53. The Morgan fingerprint density at radius 3 is 2.45 bits per heavy atom. The molecule has 1 atom stereocenters. The average molecular weight is 291 g/mol. The van der Waals surface area contributed by atoms with Crippen LogP contribution in [0.3, 0.4) is 0 Å². The fourth-order valence-corrected chi connectivity index (χ4v) is 4.82. The van der Waals surface area contributed by atoms with Gasteiger partial charge in [0.15, 0.2) is 0 Å². The van der Waals surface area contributed by atoms with Gasteiger partial charge >= 0.3 is 0 Å². The minimum atomic E-state index is 0.101. The van der Waals surface area contributed by atoms with Crippen LogP contribution < -0.4 is 4.90 Å². The van der Waals surface area contributed by atoms with E-state index >= 15 is 0 Å². The molecule has 1 unspecified atom stereocenters. The van der Waals surface area contributed by atoms with Gasteiger partial charge in [0.1, 0.15) is 0 Å². The normalized spacial score (nSPS) is 25.7. The van der Waals surface area contributed by atoms with Gasteiger partial charge in [0.2, 0.25) is 0 Å². The Kier molecular flexibility index (Phi) is 2.91. The predicted octanol–water partition coefficient (Wildman–Crippen LogP) is 4.93. The molecule has 114 valence electrons. The second-order valence-electron chi connectivity index (χ2n) is 7.76. The summed E-state index contributed by atoms with van der Waals surface area (Å²) in [4.78, 5) is 2.67. The molecule has 0 saturated carbocycles. The van der Waals surface area contributed by atoms with Gasteiger partial charge in [0.05, 0.1) is 0 Å². The summed E-state index contributed by atoms with van der Waals surface area (Å²) in [5, 5.41) is 0. The SMILES string of the molecule is CC1(c2ccccc2)CC(C)(C)N2CCCc3cccc1c32. The first-order valence-corrected chi connectivity index (χ1v) is 8.48. The van der Waals surface area contributed by atoms with Gasteiger partial charge in [0.25, 0.3) is 0 Å². The van der Waals surface area contributed by atoms with E-state index in [1.807, 2.05) is 0 Å². The molecule has 22 heavy (non-hydrogen) atoms. The number of para-hydroxylation sites is 1. The molecule has 0 bridgehead atoms. The van der Waals surface area contributed by atoms with E-state index in [1.54, 1.807) is 5.56 Å². The summed E-state index contributed by atoms with van der Waals surface area (Å²) < 4.78 is 0. The van der Waals surface area contributed by atoms with E-state index in [0.29, 0.717) is 0 Å². The Hall–Kier alpha value is -1.76. The summed E-state index contributed by atoms with van der Waals surface area (Å²) in [7, 11) is 0. The van der Waals surface area contributed by atoms with Crippen molar-refractivity contribution >= 4 is 5.69 Å². The van der Waals surface area contributed by atoms with E-state index in [2.05, 4.69) is 74.2 Å². The molecule has 0 N–H and O–H groups in total. The van der Waals surface area contributed by atoms with E-state index < -0.39 is 0 Å².